The Morgan fingerprint density at radius 2 is 1.96 bits per heavy atom. The molecule has 2 unspecified atom stereocenters. The van der Waals surface area contributed by atoms with Gasteiger partial charge < -0.3 is 10.5 Å². The average Bonchev–Trinajstić information content (AvgIpc) is 3.16. The van der Waals surface area contributed by atoms with E-state index >= 15 is 0 Å². The van der Waals surface area contributed by atoms with Gasteiger partial charge in [0, 0.05) is 11.8 Å². The van der Waals surface area contributed by atoms with Crippen LogP contribution in [0.4, 0.5) is 0 Å². The third kappa shape index (κ3) is 2.01. The molecular formula is C20H13N5O. The Bertz CT molecular complexity index is 1150. The molecule has 0 spiro atoms. The predicted molar refractivity (Wildman–Crippen MR) is 96.7 cm³/mol. The largest absolute Gasteiger partial charge is 0.466 e. The highest BCUT2D eigenvalue weighted by atomic mass is 16.5. The fourth-order valence-electron chi connectivity index (χ4n) is 3.59. The molecule has 6 nitrogen and oxygen atoms in total. The molecule has 1 aromatic heterocycles. The summed E-state index contributed by atoms with van der Waals surface area (Å²) < 4.78 is 5.88. The molecule has 1 aliphatic carbocycles. The number of fused-ring (bicyclic) bond motifs is 4. The molecule has 0 saturated carbocycles. The molecular weight excluding hydrogens is 326 g/mol. The van der Waals surface area contributed by atoms with E-state index in [1.165, 1.54) is 0 Å². The lowest BCUT2D eigenvalue weighted by Gasteiger charge is -2.35. The van der Waals surface area contributed by atoms with Gasteiger partial charge in [-0.1, -0.05) is 18.2 Å². The van der Waals surface area contributed by atoms with E-state index in [1.807, 2.05) is 42.5 Å². The molecule has 0 amide bonds. The average molecular weight is 339 g/mol. The third-order valence-electron chi connectivity index (χ3n) is 4.80. The standard InChI is InChI=1S/C20H13N5O/c21-9-13-18(17-10-24-15-3-1-2-4-16(15)25-17)12-5-6-14-11(7-8-23-14)19(12)26-20(13)22/h1-8,10,18-19H,22H2. The number of ether oxygens (including phenoxy) is 1. The van der Waals surface area contributed by atoms with Crippen molar-refractivity contribution in [3.05, 3.63) is 82.7 Å². The van der Waals surface area contributed by atoms with Gasteiger partial charge in [0.2, 0.25) is 0 Å². The summed E-state index contributed by atoms with van der Waals surface area (Å²) >= 11 is 0. The minimum absolute atomic E-state index is 0.128. The molecule has 2 aliphatic heterocycles. The minimum atomic E-state index is -0.393. The first-order valence-electron chi connectivity index (χ1n) is 8.21. The zero-order valence-electron chi connectivity index (χ0n) is 13.6. The van der Waals surface area contributed by atoms with E-state index in [2.05, 4.69) is 16.0 Å². The summed E-state index contributed by atoms with van der Waals surface area (Å²) in [6.45, 7) is 0. The van der Waals surface area contributed by atoms with E-state index in [0.717, 1.165) is 27.9 Å². The Balaban J connectivity index is 1.71. The summed E-state index contributed by atoms with van der Waals surface area (Å²) in [6.07, 6.45) is 8.88. The Kier molecular flexibility index (Phi) is 3.03. The second-order valence-corrected chi connectivity index (χ2v) is 6.22. The highest BCUT2D eigenvalue weighted by Crippen LogP contribution is 2.45. The van der Waals surface area contributed by atoms with Gasteiger partial charge in [-0.3, -0.25) is 9.98 Å². The van der Waals surface area contributed by atoms with Gasteiger partial charge in [-0.15, -0.1) is 0 Å². The molecule has 1 aromatic carbocycles. The summed E-state index contributed by atoms with van der Waals surface area (Å²) in [7, 11) is 0. The second-order valence-electron chi connectivity index (χ2n) is 6.22. The first-order chi connectivity index (χ1) is 12.8. The fourth-order valence-corrected chi connectivity index (χ4v) is 3.59. The number of aromatic nitrogens is 2. The van der Waals surface area contributed by atoms with E-state index in [0.29, 0.717) is 11.3 Å². The highest BCUT2D eigenvalue weighted by molar-refractivity contribution is 5.82. The van der Waals surface area contributed by atoms with E-state index in [9.17, 15) is 5.26 Å². The first-order valence-corrected chi connectivity index (χ1v) is 8.21. The van der Waals surface area contributed by atoms with Crippen molar-refractivity contribution in [2.75, 3.05) is 0 Å². The van der Waals surface area contributed by atoms with Gasteiger partial charge in [0.25, 0.3) is 0 Å². The van der Waals surface area contributed by atoms with Crippen LogP contribution in [0.25, 0.3) is 11.0 Å². The van der Waals surface area contributed by atoms with E-state index < -0.39 is 5.92 Å². The van der Waals surface area contributed by atoms with Crippen LogP contribution >= 0.6 is 0 Å². The second kappa shape index (κ2) is 5.39. The number of aliphatic imine (C=N–C) groups is 1. The van der Waals surface area contributed by atoms with Crippen molar-refractivity contribution in [2.24, 2.45) is 10.7 Å². The number of nitriles is 1. The molecule has 2 N–H and O–H groups in total. The zero-order chi connectivity index (χ0) is 17.7. The summed E-state index contributed by atoms with van der Waals surface area (Å²) in [5, 5.41) is 9.69. The van der Waals surface area contributed by atoms with Crippen molar-refractivity contribution in [1.29, 1.82) is 5.26 Å². The Morgan fingerprint density at radius 3 is 2.81 bits per heavy atom. The van der Waals surface area contributed by atoms with Crippen LogP contribution in [0.3, 0.4) is 0 Å². The van der Waals surface area contributed by atoms with Crippen LogP contribution in [-0.2, 0) is 4.74 Å². The molecule has 124 valence electrons. The maximum atomic E-state index is 9.69. The number of para-hydroxylation sites is 2. The topological polar surface area (TPSA) is 97.2 Å². The number of hydrogen-bond donors (Lipinski definition) is 1. The van der Waals surface area contributed by atoms with Crippen molar-refractivity contribution in [1.82, 2.24) is 9.97 Å². The van der Waals surface area contributed by atoms with Gasteiger partial charge in [0.05, 0.1) is 34.5 Å². The summed E-state index contributed by atoms with van der Waals surface area (Å²) in [5.41, 5.74) is 11.4. The SMILES string of the molecule is N#CC1=C(N)OC2C3=CC=NC3=CC=C2C1c1cnc2ccccc2n1. The molecule has 2 aromatic rings. The summed E-state index contributed by atoms with van der Waals surface area (Å²) in [6, 6.07) is 9.84. The smallest absolute Gasteiger partial charge is 0.200 e. The van der Waals surface area contributed by atoms with Crippen LogP contribution in [-0.4, -0.2) is 22.3 Å². The lowest BCUT2D eigenvalue weighted by Crippen LogP contribution is -2.33. The zero-order valence-corrected chi connectivity index (χ0v) is 13.6. The number of nitrogens with zero attached hydrogens (tertiary/aromatic N) is 4. The van der Waals surface area contributed by atoms with Gasteiger partial charge >= 0.3 is 0 Å². The molecule has 0 fully saturated rings. The highest BCUT2D eigenvalue weighted by Gasteiger charge is 2.41. The Hall–Kier alpha value is -3.72. The molecule has 26 heavy (non-hydrogen) atoms. The maximum Gasteiger partial charge on any atom is 0.200 e. The van der Waals surface area contributed by atoms with Crippen LogP contribution in [0, 0.1) is 11.3 Å². The molecule has 3 aliphatic rings. The molecule has 5 rings (SSSR count). The van der Waals surface area contributed by atoms with Crippen molar-refractivity contribution >= 4 is 17.2 Å². The monoisotopic (exact) mass is 339 g/mol. The molecule has 0 radical (unpaired) electrons. The van der Waals surface area contributed by atoms with Crippen LogP contribution in [0.5, 0.6) is 0 Å². The van der Waals surface area contributed by atoms with Crippen molar-refractivity contribution < 1.29 is 4.74 Å². The van der Waals surface area contributed by atoms with Crippen molar-refractivity contribution in [2.45, 2.75) is 12.0 Å². The fraction of sp³-hybridized carbons (Fsp3) is 0.100. The van der Waals surface area contributed by atoms with Gasteiger partial charge in [0.1, 0.15) is 11.6 Å². The number of allylic oxidation sites excluding steroid dienone is 4. The van der Waals surface area contributed by atoms with Crippen LogP contribution in [0.15, 0.2) is 82.0 Å². The van der Waals surface area contributed by atoms with Crippen LogP contribution < -0.4 is 5.73 Å². The predicted octanol–water partition coefficient (Wildman–Crippen LogP) is 2.64. The molecule has 0 saturated heterocycles. The Morgan fingerprint density at radius 1 is 1.12 bits per heavy atom. The van der Waals surface area contributed by atoms with Crippen molar-refractivity contribution in [3.63, 3.8) is 0 Å². The number of benzene rings is 1. The minimum Gasteiger partial charge on any atom is -0.466 e. The molecule has 0 bridgehead atoms. The normalized spacial score (nSPS) is 23.4. The van der Waals surface area contributed by atoms with E-state index in [4.69, 9.17) is 15.5 Å². The van der Waals surface area contributed by atoms with E-state index in [1.54, 1.807) is 12.4 Å². The lowest BCUT2D eigenvalue weighted by atomic mass is 9.79. The number of hydrogen-bond acceptors (Lipinski definition) is 6. The Labute approximate surface area is 149 Å². The van der Waals surface area contributed by atoms with Gasteiger partial charge in [-0.2, -0.15) is 5.26 Å². The quantitative estimate of drug-likeness (QED) is 0.861. The van der Waals surface area contributed by atoms with Crippen LogP contribution in [0.1, 0.15) is 11.6 Å². The third-order valence-corrected chi connectivity index (χ3v) is 4.80. The maximum absolute atomic E-state index is 9.69. The van der Waals surface area contributed by atoms with Crippen LogP contribution in [0.2, 0.25) is 0 Å². The summed E-state index contributed by atoms with van der Waals surface area (Å²) in [4.78, 5) is 13.6. The van der Waals surface area contributed by atoms with Gasteiger partial charge in [-0.25, -0.2) is 4.98 Å². The summed E-state index contributed by atoms with van der Waals surface area (Å²) in [5.74, 6) is -0.265. The lowest BCUT2D eigenvalue weighted by molar-refractivity contribution is 0.151. The molecule has 6 heteroatoms. The molecule has 3 heterocycles. The van der Waals surface area contributed by atoms with Gasteiger partial charge in [0.15, 0.2) is 12.0 Å². The van der Waals surface area contributed by atoms with E-state index in [-0.39, 0.29) is 12.0 Å². The van der Waals surface area contributed by atoms with Crippen molar-refractivity contribution in [3.8, 4) is 6.07 Å². The van der Waals surface area contributed by atoms with Gasteiger partial charge in [-0.05, 0) is 29.9 Å². The first kappa shape index (κ1) is 14.6. The molecule has 2 atom stereocenters. The number of rotatable bonds is 1. The number of nitrogens with two attached hydrogens (primary N) is 1.